The molecule has 0 aromatic heterocycles. The summed E-state index contributed by atoms with van der Waals surface area (Å²) in [5, 5.41) is 0.332. The van der Waals surface area contributed by atoms with Crippen molar-refractivity contribution in [2.75, 3.05) is 13.2 Å². The summed E-state index contributed by atoms with van der Waals surface area (Å²) in [6, 6.07) is 1.93. The van der Waals surface area contributed by atoms with E-state index < -0.39 is 12.3 Å². The van der Waals surface area contributed by atoms with Crippen molar-refractivity contribution in [2.45, 2.75) is 142 Å². The number of rotatable bonds is 11. The van der Waals surface area contributed by atoms with Gasteiger partial charge in [-0.15, -0.1) is 11.8 Å². The molecule has 4 rings (SSSR count). The van der Waals surface area contributed by atoms with Crippen LogP contribution < -0.4 is 15.2 Å². The van der Waals surface area contributed by atoms with Gasteiger partial charge in [-0.1, -0.05) is 72.5 Å². The Labute approximate surface area is 292 Å². The molecule has 0 spiro atoms. The highest BCUT2D eigenvalue weighted by molar-refractivity contribution is 8.00. The van der Waals surface area contributed by atoms with Gasteiger partial charge in [0.15, 0.2) is 11.5 Å². The lowest BCUT2D eigenvalue weighted by Crippen LogP contribution is -2.54. The van der Waals surface area contributed by atoms with Crippen molar-refractivity contribution in [2.24, 2.45) is 28.4 Å². The second-order valence-electron chi connectivity index (χ2n) is 15.0. The molecule has 0 heterocycles. The molecular formula is C39H59NO7S. The van der Waals surface area contributed by atoms with Crippen LogP contribution in [0.25, 0.3) is 0 Å². The van der Waals surface area contributed by atoms with E-state index in [0.29, 0.717) is 11.2 Å². The summed E-state index contributed by atoms with van der Waals surface area (Å²) in [6.07, 6.45) is 11.0. The highest BCUT2D eigenvalue weighted by atomic mass is 32.2. The highest BCUT2D eigenvalue weighted by Crippen LogP contribution is 2.69. The van der Waals surface area contributed by atoms with E-state index >= 15 is 0 Å². The van der Waals surface area contributed by atoms with E-state index in [0.717, 1.165) is 80.9 Å². The summed E-state index contributed by atoms with van der Waals surface area (Å²) in [5.41, 5.74) is 9.83. The molecule has 1 aromatic carbocycles. The Kier molecular flexibility index (Phi) is 12.3. The minimum Gasteiger partial charge on any atom is -0.434 e. The van der Waals surface area contributed by atoms with Crippen LogP contribution in [0.4, 0.5) is 9.59 Å². The van der Waals surface area contributed by atoms with Crippen LogP contribution in [0, 0.1) is 29.6 Å². The van der Waals surface area contributed by atoms with Gasteiger partial charge in [-0.25, -0.2) is 9.59 Å². The number of hydrogen-bond donors (Lipinski definition) is 1. The van der Waals surface area contributed by atoms with Crippen LogP contribution in [0.15, 0.2) is 17.7 Å². The average Bonchev–Trinajstić information content (AvgIpc) is 3.28. The van der Waals surface area contributed by atoms with Gasteiger partial charge in [0.2, 0.25) is 5.91 Å². The molecule has 3 aliphatic rings. The van der Waals surface area contributed by atoms with E-state index in [4.69, 9.17) is 24.7 Å². The van der Waals surface area contributed by atoms with Gasteiger partial charge >= 0.3 is 12.3 Å². The highest BCUT2D eigenvalue weighted by Gasteiger charge is 2.60. The number of thioether (sulfide) groups is 1. The molecule has 6 atom stereocenters. The van der Waals surface area contributed by atoms with Gasteiger partial charge in [0.25, 0.3) is 0 Å². The zero-order chi connectivity index (χ0) is 35.4. The third-order valence-electron chi connectivity index (χ3n) is 11.9. The molecule has 1 aromatic rings. The largest absolute Gasteiger partial charge is 0.513 e. The standard InChI is InChI=1S/C39H59NO7S/c1-10-13-19-39(9)31-23-30(48-24(4)5)32-25(6)33(47-36(43)45-12-3)29(46-35(42)44-11-2)22-28(32)37(31,7)20-21-38(39,8)27-16-14-15-26(17-18-27)34(40)41/h22-24,26-27,30H,10-21H2,1-9H3,(H2,40,41)/t26-,27-,30?,37-,38-,39+/m0/s1. The van der Waals surface area contributed by atoms with E-state index in [1.807, 2.05) is 24.8 Å². The van der Waals surface area contributed by atoms with Crippen LogP contribution in [0.5, 0.6) is 11.5 Å². The van der Waals surface area contributed by atoms with Crippen molar-refractivity contribution in [1.29, 1.82) is 0 Å². The maximum atomic E-state index is 12.7. The van der Waals surface area contributed by atoms with Crippen LogP contribution in [0.3, 0.4) is 0 Å². The van der Waals surface area contributed by atoms with Crippen LogP contribution in [0.1, 0.15) is 142 Å². The van der Waals surface area contributed by atoms with Gasteiger partial charge in [0.05, 0.1) is 13.2 Å². The summed E-state index contributed by atoms with van der Waals surface area (Å²) in [6.45, 7) is 19.8. The topological polar surface area (TPSA) is 114 Å². The number of primary amides is 1. The van der Waals surface area contributed by atoms with Crippen molar-refractivity contribution in [3.8, 4) is 11.5 Å². The summed E-state index contributed by atoms with van der Waals surface area (Å²) in [4.78, 5) is 37.6. The predicted octanol–water partition coefficient (Wildman–Crippen LogP) is 10.1. The van der Waals surface area contributed by atoms with Gasteiger partial charge in [-0.3, -0.25) is 4.79 Å². The normalized spacial score (nSPS) is 30.0. The Balaban J connectivity index is 1.93. The summed E-state index contributed by atoms with van der Waals surface area (Å²) in [5.74, 6) is 0.643. The molecule has 2 fully saturated rings. The summed E-state index contributed by atoms with van der Waals surface area (Å²) < 4.78 is 21.9. The van der Waals surface area contributed by atoms with Gasteiger partial charge in [0.1, 0.15) is 0 Å². The fourth-order valence-corrected chi connectivity index (χ4v) is 10.5. The first kappa shape index (κ1) is 38.1. The molecule has 1 amide bonds. The van der Waals surface area contributed by atoms with E-state index in [9.17, 15) is 14.4 Å². The van der Waals surface area contributed by atoms with E-state index in [2.05, 4.69) is 47.6 Å². The van der Waals surface area contributed by atoms with Gasteiger partial charge in [-0.2, -0.15) is 0 Å². The van der Waals surface area contributed by atoms with E-state index in [1.54, 1.807) is 13.8 Å². The Morgan fingerprint density at radius 2 is 1.62 bits per heavy atom. The zero-order valence-electron chi connectivity index (χ0n) is 30.8. The number of unbranched alkanes of at least 4 members (excludes halogenated alkanes) is 1. The lowest BCUT2D eigenvalue weighted by molar-refractivity contribution is -0.122. The number of hydrogen-bond acceptors (Lipinski definition) is 8. The minimum absolute atomic E-state index is 0.000871. The molecule has 0 bridgehead atoms. The molecule has 0 radical (unpaired) electrons. The number of nitrogens with two attached hydrogens (primary N) is 1. The Morgan fingerprint density at radius 1 is 0.958 bits per heavy atom. The van der Waals surface area contributed by atoms with Crippen molar-refractivity contribution in [1.82, 2.24) is 0 Å². The molecule has 3 aliphatic carbocycles. The quantitative estimate of drug-likeness (QED) is 0.106. The van der Waals surface area contributed by atoms with Crippen molar-refractivity contribution in [3.63, 3.8) is 0 Å². The molecular weight excluding hydrogens is 626 g/mol. The Hall–Kier alpha value is -2.68. The van der Waals surface area contributed by atoms with Gasteiger partial charge in [-0.05, 0) is 105 Å². The third-order valence-corrected chi connectivity index (χ3v) is 13.2. The second kappa shape index (κ2) is 15.5. The minimum atomic E-state index is -0.845. The molecule has 2 saturated carbocycles. The number of amides is 1. The molecule has 8 nitrogen and oxygen atoms in total. The van der Waals surface area contributed by atoms with E-state index in [1.165, 1.54) is 5.57 Å². The van der Waals surface area contributed by atoms with Gasteiger partial charge < -0.3 is 24.7 Å². The Bertz CT molecular complexity index is 1390. The molecule has 0 saturated heterocycles. The number of carbonyl (C=O) groups is 3. The molecule has 9 heteroatoms. The number of allylic oxidation sites excluding steroid dienone is 1. The molecule has 1 unspecified atom stereocenters. The van der Waals surface area contributed by atoms with Crippen LogP contribution in [-0.4, -0.2) is 36.7 Å². The lowest BCUT2D eigenvalue weighted by Gasteiger charge is -2.63. The van der Waals surface area contributed by atoms with Crippen molar-refractivity contribution < 1.29 is 33.3 Å². The molecule has 48 heavy (non-hydrogen) atoms. The average molecular weight is 686 g/mol. The van der Waals surface area contributed by atoms with Crippen LogP contribution in [0.2, 0.25) is 0 Å². The predicted molar refractivity (Wildman–Crippen MR) is 192 cm³/mol. The Morgan fingerprint density at radius 3 is 2.23 bits per heavy atom. The summed E-state index contributed by atoms with van der Waals surface area (Å²) >= 11 is 1.89. The smallest absolute Gasteiger partial charge is 0.434 e. The lowest BCUT2D eigenvalue weighted by atomic mass is 9.42. The molecule has 268 valence electrons. The number of ether oxygens (including phenoxy) is 4. The number of benzene rings is 1. The fourth-order valence-electron chi connectivity index (χ4n) is 9.23. The van der Waals surface area contributed by atoms with Crippen LogP contribution >= 0.6 is 11.8 Å². The maximum Gasteiger partial charge on any atom is 0.513 e. The van der Waals surface area contributed by atoms with Gasteiger partial charge in [0, 0.05) is 22.1 Å². The first-order valence-electron chi connectivity index (χ1n) is 18.2. The monoisotopic (exact) mass is 685 g/mol. The van der Waals surface area contributed by atoms with Crippen LogP contribution in [-0.2, 0) is 19.7 Å². The maximum absolute atomic E-state index is 12.7. The van der Waals surface area contributed by atoms with Crippen molar-refractivity contribution in [3.05, 3.63) is 34.4 Å². The summed E-state index contributed by atoms with van der Waals surface area (Å²) in [7, 11) is 0. The second-order valence-corrected chi connectivity index (χ2v) is 16.8. The SMILES string of the molecule is CCCC[C@]1(C)C2=CC(SC(C)C)c3c(cc(OC(=O)OCC)c(OC(=O)OCC)c3C)[C@]2(C)CC[C@@]1(C)[C@H]1CCC[C@H](C(N)=O)CC1. The number of carbonyl (C=O) groups excluding carboxylic acids is 3. The molecule has 2 N–H and O–H groups in total. The van der Waals surface area contributed by atoms with Crippen molar-refractivity contribution >= 4 is 30.0 Å². The first-order chi connectivity index (χ1) is 22.7. The molecule has 0 aliphatic heterocycles. The fraction of sp³-hybridized carbons (Fsp3) is 0.718. The number of fused-ring (bicyclic) bond motifs is 3. The third kappa shape index (κ3) is 7.27. The van der Waals surface area contributed by atoms with E-state index in [-0.39, 0.29) is 58.0 Å². The zero-order valence-corrected chi connectivity index (χ0v) is 31.6. The first-order valence-corrected chi connectivity index (χ1v) is 19.2.